The highest BCUT2D eigenvalue weighted by Gasteiger charge is 2.14. The van der Waals surface area contributed by atoms with Crippen molar-refractivity contribution in [2.24, 2.45) is 0 Å². The Bertz CT molecular complexity index is 728. The lowest BCUT2D eigenvalue weighted by Gasteiger charge is -2.09. The fourth-order valence-corrected chi connectivity index (χ4v) is 1.67. The first-order valence-corrected chi connectivity index (χ1v) is 6.47. The second-order valence-corrected chi connectivity index (χ2v) is 4.78. The van der Waals surface area contributed by atoms with Gasteiger partial charge in [0, 0.05) is 6.04 Å². The third-order valence-corrected chi connectivity index (χ3v) is 2.96. The number of rotatable bonds is 5. The average Bonchev–Trinajstić information content (AvgIpc) is 2.92. The number of H-pyrrole nitrogens is 1. The Labute approximate surface area is 122 Å². The zero-order valence-corrected chi connectivity index (χ0v) is 12.1. The van der Waals surface area contributed by atoms with Crippen LogP contribution in [-0.4, -0.2) is 32.1 Å². The highest BCUT2D eigenvalue weighted by molar-refractivity contribution is 6.03. The normalized spacial score (nSPS) is 12.5. The standard InChI is InChI=1S/C15H17N5O/c1-9(2)10(3)5-6-11(4)19-15(21)13-12-7-18-20-14(12)17-8-16-13/h5-8,11H,1,3H2,2,4H3,(H,19,21)(H,16,17,18,20). The van der Waals surface area contributed by atoms with Gasteiger partial charge in [-0.25, -0.2) is 9.97 Å². The van der Waals surface area contributed by atoms with E-state index < -0.39 is 0 Å². The molecule has 0 aromatic carbocycles. The maximum absolute atomic E-state index is 12.2. The van der Waals surface area contributed by atoms with Crippen LogP contribution in [0.5, 0.6) is 0 Å². The molecule has 0 bridgehead atoms. The zero-order valence-electron chi connectivity index (χ0n) is 12.1. The fraction of sp³-hybridized carbons (Fsp3) is 0.200. The van der Waals surface area contributed by atoms with E-state index in [1.807, 2.05) is 26.0 Å². The second-order valence-electron chi connectivity index (χ2n) is 4.78. The van der Waals surface area contributed by atoms with E-state index in [0.29, 0.717) is 16.7 Å². The van der Waals surface area contributed by atoms with Crippen LogP contribution in [0, 0.1) is 0 Å². The van der Waals surface area contributed by atoms with Gasteiger partial charge in [-0.05, 0) is 19.4 Å². The van der Waals surface area contributed by atoms with Crippen molar-refractivity contribution < 1.29 is 4.79 Å². The lowest BCUT2D eigenvalue weighted by molar-refractivity contribution is 0.0943. The Morgan fingerprint density at radius 1 is 1.43 bits per heavy atom. The number of fused-ring (bicyclic) bond motifs is 1. The van der Waals surface area contributed by atoms with Crippen molar-refractivity contribution in [2.75, 3.05) is 0 Å². The summed E-state index contributed by atoms with van der Waals surface area (Å²) in [4.78, 5) is 20.2. The first kappa shape index (κ1) is 14.6. The predicted molar refractivity (Wildman–Crippen MR) is 81.7 cm³/mol. The number of hydrogen-bond donors (Lipinski definition) is 2. The summed E-state index contributed by atoms with van der Waals surface area (Å²) in [7, 11) is 0. The van der Waals surface area contributed by atoms with Crippen LogP contribution in [0.1, 0.15) is 24.3 Å². The molecule has 2 aromatic heterocycles. The van der Waals surface area contributed by atoms with Crippen LogP contribution in [0.15, 0.2) is 49.0 Å². The van der Waals surface area contributed by atoms with Gasteiger partial charge in [-0.1, -0.05) is 30.9 Å². The Kier molecular flexibility index (Phi) is 4.27. The minimum atomic E-state index is -0.276. The molecule has 0 spiro atoms. The highest BCUT2D eigenvalue weighted by atomic mass is 16.1. The minimum absolute atomic E-state index is 0.162. The van der Waals surface area contributed by atoms with Crippen LogP contribution < -0.4 is 5.32 Å². The van der Waals surface area contributed by atoms with Gasteiger partial charge in [-0.3, -0.25) is 9.89 Å². The quantitative estimate of drug-likeness (QED) is 0.824. The molecule has 2 N–H and O–H groups in total. The van der Waals surface area contributed by atoms with Gasteiger partial charge in [-0.15, -0.1) is 0 Å². The van der Waals surface area contributed by atoms with Crippen molar-refractivity contribution in [1.29, 1.82) is 0 Å². The third kappa shape index (κ3) is 3.42. The SMILES string of the molecule is C=C(C)C(=C)C=CC(C)NC(=O)c1ncnc2[nH]ncc12. The fourth-order valence-electron chi connectivity index (χ4n) is 1.67. The monoisotopic (exact) mass is 283 g/mol. The molecule has 0 saturated heterocycles. The molecule has 2 aromatic rings. The number of carbonyl (C=O) groups is 1. The average molecular weight is 283 g/mol. The molecule has 0 saturated carbocycles. The van der Waals surface area contributed by atoms with Crippen LogP contribution in [0.3, 0.4) is 0 Å². The number of hydrogen-bond acceptors (Lipinski definition) is 4. The van der Waals surface area contributed by atoms with Crippen molar-refractivity contribution in [3.05, 3.63) is 54.7 Å². The Balaban J connectivity index is 2.09. The molecule has 1 amide bonds. The molecule has 1 unspecified atom stereocenters. The Morgan fingerprint density at radius 3 is 2.90 bits per heavy atom. The van der Waals surface area contributed by atoms with Crippen molar-refractivity contribution in [3.63, 3.8) is 0 Å². The van der Waals surface area contributed by atoms with Crippen molar-refractivity contribution in [1.82, 2.24) is 25.5 Å². The van der Waals surface area contributed by atoms with Gasteiger partial charge in [-0.2, -0.15) is 5.10 Å². The van der Waals surface area contributed by atoms with Crippen LogP contribution >= 0.6 is 0 Å². The molecule has 21 heavy (non-hydrogen) atoms. The highest BCUT2D eigenvalue weighted by Crippen LogP contribution is 2.11. The number of aromatic amines is 1. The molecule has 0 radical (unpaired) electrons. The van der Waals surface area contributed by atoms with E-state index in [9.17, 15) is 4.79 Å². The molecule has 108 valence electrons. The Hall–Kier alpha value is -2.76. The summed E-state index contributed by atoms with van der Waals surface area (Å²) < 4.78 is 0. The topological polar surface area (TPSA) is 83.6 Å². The third-order valence-electron chi connectivity index (χ3n) is 2.96. The van der Waals surface area contributed by atoms with E-state index in [2.05, 4.69) is 38.6 Å². The van der Waals surface area contributed by atoms with Crippen LogP contribution in [-0.2, 0) is 0 Å². The van der Waals surface area contributed by atoms with E-state index in [-0.39, 0.29) is 11.9 Å². The summed E-state index contributed by atoms with van der Waals surface area (Å²) >= 11 is 0. The molecular formula is C15H17N5O. The molecule has 1 atom stereocenters. The first-order valence-electron chi connectivity index (χ1n) is 6.47. The van der Waals surface area contributed by atoms with Crippen molar-refractivity contribution in [2.45, 2.75) is 19.9 Å². The summed E-state index contributed by atoms with van der Waals surface area (Å²) in [5.74, 6) is -0.276. The number of amides is 1. The molecule has 6 heteroatoms. The van der Waals surface area contributed by atoms with Crippen molar-refractivity contribution in [3.8, 4) is 0 Å². The lowest BCUT2D eigenvalue weighted by atomic mass is 10.1. The predicted octanol–water partition coefficient (Wildman–Crippen LogP) is 2.16. The van der Waals surface area contributed by atoms with E-state index in [1.54, 1.807) is 0 Å². The zero-order chi connectivity index (χ0) is 15.4. The van der Waals surface area contributed by atoms with Gasteiger partial charge < -0.3 is 5.32 Å². The van der Waals surface area contributed by atoms with Gasteiger partial charge in [0.25, 0.3) is 5.91 Å². The molecule has 0 fully saturated rings. The van der Waals surface area contributed by atoms with Gasteiger partial charge >= 0.3 is 0 Å². The molecule has 0 aliphatic heterocycles. The van der Waals surface area contributed by atoms with E-state index >= 15 is 0 Å². The number of nitrogens with zero attached hydrogens (tertiary/aromatic N) is 3. The van der Waals surface area contributed by atoms with Gasteiger partial charge in [0.05, 0.1) is 11.6 Å². The van der Waals surface area contributed by atoms with E-state index in [1.165, 1.54) is 12.5 Å². The van der Waals surface area contributed by atoms with Crippen molar-refractivity contribution >= 4 is 16.9 Å². The lowest BCUT2D eigenvalue weighted by Crippen LogP contribution is -2.31. The number of nitrogens with one attached hydrogen (secondary N) is 2. The van der Waals surface area contributed by atoms with E-state index in [0.717, 1.165) is 11.1 Å². The molecule has 0 aliphatic rings. The first-order chi connectivity index (χ1) is 9.99. The summed E-state index contributed by atoms with van der Waals surface area (Å²) in [5, 5.41) is 10.0. The van der Waals surface area contributed by atoms with Gasteiger partial charge in [0.15, 0.2) is 5.65 Å². The molecule has 6 nitrogen and oxygen atoms in total. The largest absolute Gasteiger partial charge is 0.345 e. The molecule has 2 rings (SSSR count). The second kappa shape index (κ2) is 6.13. The smallest absolute Gasteiger partial charge is 0.271 e. The van der Waals surface area contributed by atoms with Crippen LogP contribution in [0.4, 0.5) is 0 Å². The van der Waals surface area contributed by atoms with E-state index in [4.69, 9.17) is 0 Å². The maximum atomic E-state index is 12.2. The summed E-state index contributed by atoms with van der Waals surface area (Å²) in [6.45, 7) is 11.4. The molecule has 2 heterocycles. The maximum Gasteiger partial charge on any atom is 0.271 e. The summed E-state index contributed by atoms with van der Waals surface area (Å²) in [6.07, 6.45) is 6.55. The Morgan fingerprint density at radius 2 is 2.19 bits per heavy atom. The minimum Gasteiger partial charge on any atom is -0.345 e. The molecule has 0 aliphatic carbocycles. The summed E-state index contributed by atoms with van der Waals surface area (Å²) in [6, 6.07) is -0.162. The molecular weight excluding hydrogens is 266 g/mol. The van der Waals surface area contributed by atoms with Crippen LogP contribution in [0.25, 0.3) is 11.0 Å². The van der Waals surface area contributed by atoms with Crippen LogP contribution in [0.2, 0.25) is 0 Å². The summed E-state index contributed by atoms with van der Waals surface area (Å²) in [5.41, 5.74) is 2.55. The van der Waals surface area contributed by atoms with Gasteiger partial charge in [0.2, 0.25) is 0 Å². The number of aromatic nitrogens is 4. The number of allylic oxidation sites excluding steroid dienone is 3. The number of carbonyl (C=O) groups excluding carboxylic acids is 1. The van der Waals surface area contributed by atoms with Gasteiger partial charge in [0.1, 0.15) is 12.0 Å².